The Hall–Kier alpha value is -4.20. The van der Waals surface area contributed by atoms with E-state index in [1.54, 1.807) is 21.5 Å². The lowest BCUT2D eigenvalue weighted by Gasteiger charge is -2.30. The number of pyridine rings is 1. The van der Waals surface area contributed by atoms with E-state index in [1.165, 1.54) is 0 Å². The van der Waals surface area contributed by atoms with E-state index in [-0.39, 0.29) is 46.7 Å². The predicted molar refractivity (Wildman–Crippen MR) is 173 cm³/mol. The molecule has 19 heteroatoms. The van der Waals surface area contributed by atoms with Crippen LogP contribution >= 0.6 is 11.6 Å². The first-order valence-electron chi connectivity index (χ1n) is 15.1. The van der Waals surface area contributed by atoms with Gasteiger partial charge in [-0.3, -0.25) is 19.8 Å². The van der Waals surface area contributed by atoms with E-state index in [0.29, 0.717) is 65.0 Å². The zero-order valence-electron chi connectivity index (χ0n) is 26.0. The molecule has 0 aliphatic carbocycles. The number of likely N-dealkylation sites (tertiary alicyclic amines) is 1. The monoisotopic (exact) mass is 676 g/mol. The number of piperidine rings is 1. The van der Waals surface area contributed by atoms with Crippen molar-refractivity contribution in [2.24, 2.45) is 10.7 Å². The third-order valence-corrected chi connectivity index (χ3v) is 7.33. The van der Waals surface area contributed by atoms with Crippen LogP contribution in [0.4, 0.5) is 11.6 Å². The van der Waals surface area contributed by atoms with Crippen LogP contribution in [0.3, 0.4) is 0 Å². The number of aliphatic hydroxyl groups is 1. The Balaban J connectivity index is 1.18. The lowest BCUT2D eigenvalue weighted by atomic mass is 10.1. The second-order valence-electron chi connectivity index (χ2n) is 10.6. The first kappa shape index (κ1) is 35.7. The van der Waals surface area contributed by atoms with E-state index in [9.17, 15) is 9.59 Å². The molecule has 1 amide bonds. The smallest absolute Gasteiger partial charge is 0.280 e. The molecule has 1 fully saturated rings. The number of aliphatic hydroxyl groups excluding tert-OH is 1. The van der Waals surface area contributed by atoms with Crippen molar-refractivity contribution in [1.29, 1.82) is 0 Å². The number of nitrogens with zero attached hydrogens (tertiary/aromatic N) is 8. The van der Waals surface area contributed by atoms with Crippen LogP contribution in [0.1, 0.15) is 34.6 Å². The zero-order valence-corrected chi connectivity index (χ0v) is 26.7. The average molecular weight is 677 g/mol. The largest absolute Gasteiger partial charge is 0.394 e. The number of hydrogen-bond acceptors (Lipinski definition) is 14. The van der Waals surface area contributed by atoms with Crippen molar-refractivity contribution in [3.8, 4) is 0 Å². The highest BCUT2D eigenvalue weighted by Crippen LogP contribution is 2.18. The number of guanidine groups is 1. The number of amides is 1. The highest BCUT2D eigenvalue weighted by Gasteiger charge is 2.21. The van der Waals surface area contributed by atoms with Crippen molar-refractivity contribution in [2.45, 2.75) is 38.5 Å². The maximum atomic E-state index is 12.6. The molecule has 3 aromatic heterocycles. The van der Waals surface area contributed by atoms with Crippen LogP contribution in [-0.4, -0.2) is 117 Å². The zero-order chi connectivity index (χ0) is 33.6. The Labute approximate surface area is 275 Å². The summed E-state index contributed by atoms with van der Waals surface area (Å²) in [6.45, 7) is 5.46. The number of nitrogens with one attached hydrogen (secondary N) is 1. The fraction of sp³-hybridized carbons (Fsp3) is 0.536. The highest BCUT2D eigenvalue weighted by atomic mass is 35.5. The molecule has 4 heterocycles. The fourth-order valence-electron chi connectivity index (χ4n) is 4.74. The number of carbonyl (C=O) groups is 1. The molecule has 0 bridgehead atoms. The molecule has 4 rings (SSSR count). The third-order valence-electron chi connectivity index (χ3n) is 7.05. The lowest BCUT2D eigenvalue weighted by Crippen LogP contribution is -2.41. The summed E-state index contributed by atoms with van der Waals surface area (Å²) in [7, 11) is 0. The minimum absolute atomic E-state index is 0.00434. The number of hydrogen-bond donors (Lipinski definition) is 5. The minimum atomic E-state index is -0.682. The number of anilines is 2. The molecule has 0 aromatic carbocycles. The minimum Gasteiger partial charge on any atom is -0.394 e. The first-order valence-corrected chi connectivity index (χ1v) is 15.5. The average Bonchev–Trinajstić information content (AvgIpc) is 3.49. The Morgan fingerprint density at radius 2 is 1.70 bits per heavy atom. The molecule has 1 aliphatic heterocycles. The summed E-state index contributed by atoms with van der Waals surface area (Å²) in [5.41, 5.74) is 18.6. The van der Waals surface area contributed by atoms with Gasteiger partial charge in [-0.2, -0.15) is 0 Å². The van der Waals surface area contributed by atoms with E-state index in [1.807, 2.05) is 12.3 Å². The van der Waals surface area contributed by atoms with Gasteiger partial charge in [-0.1, -0.05) is 22.9 Å². The third kappa shape index (κ3) is 11.5. The van der Waals surface area contributed by atoms with Crippen molar-refractivity contribution in [3.05, 3.63) is 57.0 Å². The summed E-state index contributed by atoms with van der Waals surface area (Å²) >= 11 is 5.85. The van der Waals surface area contributed by atoms with Gasteiger partial charge in [0, 0.05) is 31.9 Å². The molecule has 0 radical (unpaired) electrons. The van der Waals surface area contributed by atoms with Gasteiger partial charge in [0.2, 0.25) is 0 Å². The number of nitrogen functional groups attached to an aromatic ring is 2. The Bertz CT molecular complexity index is 1540. The molecule has 0 saturated carbocycles. The summed E-state index contributed by atoms with van der Waals surface area (Å²) in [4.78, 5) is 39.4. The Morgan fingerprint density at radius 1 is 1.00 bits per heavy atom. The van der Waals surface area contributed by atoms with E-state index in [0.717, 1.165) is 31.5 Å². The topological polar surface area (TPSA) is 249 Å². The summed E-state index contributed by atoms with van der Waals surface area (Å²) in [6.07, 6.45) is 5.09. The maximum absolute atomic E-state index is 12.6. The van der Waals surface area contributed by atoms with Gasteiger partial charge in [0.1, 0.15) is 5.69 Å². The lowest BCUT2D eigenvalue weighted by molar-refractivity contribution is 0.00628. The van der Waals surface area contributed by atoms with Crippen LogP contribution in [0.25, 0.3) is 0 Å². The predicted octanol–water partition coefficient (Wildman–Crippen LogP) is -1.15. The van der Waals surface area contributed by atoms with Gasteiger partial charge in [-0.25, -0.2) is 19.6 Å². The number of carbonyl (C=O) groups excluding carboxylic acids is 1. The number of nitrogens with two attached hydrogens (primary N) is 3. The number of rotatable bonds is 17. The summed E-state index contributed by atoms with van der Waals surface area (Å²) in [6, 6.07) is 3.30. The normalized spacial score (nSPS) is 14.5. The Kier molecular flexibility index (Phi) is 13.8. The van der Waals surface area contributed by atoms with Gasteiger partial charge in [0.25, 0.3) is 11.5 Å². The Morgan fingerprint density at radius 3 is 2.43 bits per heavy atom. The van der Waals surface area contributed by atoms with Gasteiger partial charge in [0.15, 0.2) is 28.4 Å². The molecular weight excluding hydrogens is 636 g/mol. The summed E-state index contributed by atoms with van der Waals surface area (Å²) in [5, 5.41) is 19.3. The number of halogens is 1. The molecule has 0 spiro atoms. The molecule has 8 N–H and O–H groups in total. The molecular formula is C28H41ClN12O6. The summed E-state index contributed by atoms with van der Waals surface area (Å²) in [5.74, 6) is -0.978. The van der Waals surface area contributed by atoms with Crippen LogP contribution < -0.4 is 28.1 Å². The van der Waals surface area contributed by atoms with E-state index >= 15 is 0 Å². The number of aliphatic imine (C=N–C) groups is 1. The van der Waals surface area contributed by atoms with Crippen LogP contribution in [0, 0.1) is 0 Å². The standard InChI is InChI=1S/C28H41ClN12O6/c29-24-26(31)35-25(30)23(34-24)27(44)36-28(32)33-20-3-5-39(6-4-20)15-19-1-2-22(43)40(16-19)17-21-18-41(38-37-21)7-9-45-11-13-47-14-12-46-10-8-42/h1-2,16,18,20,42H,3-15,17H2,(H4,30,31,35)(H3,32,33,36,44). The molecule has 0 atom stereocenters. The number of ether oxygens (including phenoxy) is 3. The SMILES string of the molecule is NC(=NC1CCN(Cc2ccc(=O)n(Cc3cn(CCOCCOCCOCCO)nn3)c2)CC1)NC(=O)c1nc(Cl)c(N)nc1N. The van der Waals surface area contributed by atoms with Crippen molar-refractivity contribution >= 4 is 35.1 Å². The van der Waals surface area contributed by atoms with Crippen molar-refractivity contribution in [3.63, 3.8) is 0 Å². The maximum Gasteiger partial charge on any atom is 0.280 e. The molecule has 18 nitrogen and oxygen atoms in total. The second-order valence-corrected chi connectivity index (χ2v) is 11.0. The molecule has 47 heavy (non-hydrogen) atoms. The second kappa shape index (κ2) is 18.2. The molecule has 1 saturated heterocycles. The van der Waals surface area contributed by atoms with Crippen LogP contribution in [0.5, 0.6) is 0 Å². The van der Waals surface area contributed by atoms with E-state index in [4.69, 9.17) is 48.1 Å². The molecule has 256 valence electrons. The first-order chi connectivity index (χ1) is 22.7. The highest BCUT2D eigenvalue weighted by molar-refractivity contribution is 6.31. The van der Waals surface area contributed by atoms with E-state index < -0.39 is 5.91 Å². The fourth-order valence-corrected chi connectivity index (χ4v) is 4.86. The molecule has 3 aromatic rings. The van der Waals surface area contributed by atoms with Crippen LogP contribution in [0.15, 0.2) is 34.3 Å². The van der Waals surface area contributed by atoms with Gasteiger partial charge >= 0.3 is 0 Å². The van der Waals surface area contributed by atoms with Gasteiger partial charge < -0.3 is 41.1 Å². The number of aromatic nitrogens is 6. The summed E-state index contributed by atoms with van der Waals surface area (Å²) < 4.78 is 19.4. The van der Waals surface area contributed by atoms with Gasteiger partial charge in [0.05, 0.1) is 71.6 Å². The van der Waals surface area contributed by atoms with Crippen molar-refractivity contribution < 1.29 is 24.1 Å². The van der Waals surface area contributed by atoms with Gasteiger partial charge in [-0.05, 0) is 18.4 Å². The van der Waals surface area contributed by atoms with Crippen LogP contribution in [0.2, 0.25) is 5.15 Å². The molecule has 0 unspecified atom stereocenters. The van der Waals surface area contributed by atoms with Crippen molar-refractivity contribution in [2.75, 3.05) is 70.8 Å². The van der Waals surface area contributed by atoms with Crippen LogP contribution in [-0.2, 0) is 33.8 Å². The molecule has 1 aliphatic rings. The van der Waals surface area contributed by atoms with Gasteiger partial charge in [-0.15, -0.1) is 5.10 Å². The van der Waals surface area contributed by atoms with E-state index in [2.05, 4.69) is 35.5 Å². The van der Waals surface area contributed by atoms with Crippen molar-refractivity contribution in [1.82, 2.24) is 39.7 Å². The quantitative estimate of drug-likeness (QED) is 0.0643.